The van der Waals surface area contributed by atoms with E-state index < -0.39 is 0 Å². The number of benzene rings is 1. The van der Waals surface area contributed by atoms with Crippen molar-refractivity contribution in [2.45, 2.75) is 13.5 Å². The van der Waals surface area contributed by atoms with Gasteiger partial charge in [-0.3, -0.25) is 0 Å². The van der Waals surface area contributed by atoms with Gasteiger partial charge < -0.3 is 5.32 Å². The van der Waals surface area contributed by atoms with E-state index >= 15 is 0 Å². The summed E-state index contributed by atoms with van der Waals surface area (Å²) in [6, 6.07) is 8.37. The highest BCUT2D eigenvalue weighted by atomic mass is 32.1. The number of thiophene rings is 1. The summed E-state index contributed by atoms with van der Waals surface area (Å²) in [4.78, 5) is 0. The number of nitrogens with zero attached hydrogens (tertiary/aromatic N) is 4. The Bertz CT molecular complexity index is 657. The first-order valence-electron chi connectivity index (χ1n) is 5.84. The molecule has 92 valence electrons. The molecule has 0 radical (unpaired) electrons. The molecule has 0 aliphatic carbocycles. The molecule has 0 saturated carbocycles. The Labute approximate surface area is 108 Å². The van der Waals surface area contributed by atoms with E-state index in [4.69, 9.17) is 0 Å². The molecule has 0 bridgehead atoms. The molecule has 3 rings (SSSR count). The number of hydrogen-bond acceptors (Lipinski definition) is 5. The SMILES string of the molecule is CCNCc1nnnn1-c1ccc2sccc2c1. The maximum absolute atomic E-state index is 4.05. The zero-order valence-electron chi connectivity index (χ0n) is 10.00. The predicted octanol–water partition coefficient (Wildman–Crippen LogP) is 1.99. The normalized spacial score (nSPS) is 11.2. The topological polar surface area (TPSA) is 55.6 Å². The predicted molar refractivity (Wildman–Crippen MR) is 71.9 cm³/mol. The Morgan fingerprint density at radius 1 is 1.33 bits per heavy atom. The third-order valence-electron chi connectivity index (χ3n) is 2.75. The van der Waals surface area contributed by atoms with Crippen LogP contribution in [-0.4, -0.2) is 26.8 Å². The van der Waals surface area contributed by atoms with Crippen LogP contribution in [0, 0.1) is 0 Å². The smallest absolute Gasteiger partial charge is 0.170 e. The van der Waals surface area contributed by atoms with Crippen molar-refractivity contribution in [3.63, 3.8) is 0 Å². The van der Waals surface area contributed by atoms with Gasteiger partial charge in [0.25, 0.3) is 0 Å². The van der Waals surface area contributed by atoms with Crippen molar-refractivity contribution in [2.24, 2.45) is 0 Å². The van der Waals surface area contributed by atoms with E-state index in [1.54, 1.807) is 16.0 Å². The highest BCUT2D eigenvalue weighted by Crippen LogP contribution is 2.23. The molecule has 1 aromatic carbocycles. The summed E-state index contributed by atoms with van der Waals surface area (Å²) in [6.45, 7) is 3.63. The van der Waals surface area contributed by atoms with Crippen molar-refractivity contribution in [1.29, 1.82) is 0 Å². The fraction of sp³-hybridized carbons (Fsp3) is 0.250. The average Bonchev–Trinajstić information content (AvgIpc) is 3.03. The van der Waals surface area contributed by atoms with E-state index in [-0.39, 0.29) is 0 Å². The van der Waals surface area contributed by atoms with Crippen LogP contribution in [0.1, 0.15) is 12.7 Å². The van der Waals surface area contributed by atoms with Crippen LogP contribution in [0.2, 0.25) is 0 Å². The number of tetrazole rings is 1. The van der Waals surface area contributed by atoms with Gasteiger partial charge in [-0.1, -0.05) is 6.92 Å². The van der Waals surface area contributed by atoms with Gasteiger partial charge in [-0.25, -0.2) is 0 Å². The monoisotopic (exact) mass is 259 g/mol. The van der Waals surface area contributed by atoms with Crippen LogP contribution in [0.4, 0.5) is 0 Å². The minimum absolute atomic E-state index is 0.672. The summed E-state index contributed by atoms with van der Waals surface area (Å²) in [5.74, 6) is 0.825. The van der Waals surface area contributed by atoms with Crippen molar-refractivity contribution < 1.29 is 0 Å². The summed E-state index contributed by atoms with van der Waals surface area (Å²) in [7, 11) is 0. The van der Waals surface area contributed by atoms with Crippen LogP contribution in [0.15, 0.2) is 29.6 Å². The minimum atomic E-state index is 0.672. The van der Waals surface area contributed by atoms with Gasteiger partial charge in [0.05, 0.1) is 12.2 Å². The third kappa shape index (κ3) is 2.00. The lowest BCUT2D eigenvalue weighted by atomic mass is 10.2. The lowest BCUT2D eigenvalue weighted by Crippen LogP contribution is -2.16. The first kappa shape index (κ1) is 11.3. The number of nitrogens with one attached hydrogen (secondary N) is 1. The van der Waals surface area contributed by atoms with E-state index in [0.717, 1.165) is 18.1 Å². The first-order valence-corrected chi connectivity index (χ1v) is 6.72. The minimum Gasteiger partial charge on any atom is -0.310 e. The van der Waals surface area contributed by atoms with Crippen molar-refractivity contribution in [1.82, 2.24) is 25.5 Å². The van der Waals surface area contributed by atoms with Gasteiger partial charge in [-0.05, 0) is 52.0 Å². The van der Waals surface area contributed by atoms with E-state index in [1.165, 1.54) is 10.1 Å². The van der Waals surface area contributed by atoms with Crippen molar-refractivity contribution in [3.8, 4) is 5.69 Å². The molecule has 1 N–H and O–H groups in total. The Kier molecular flexibility index (Phi) is 3.04. The van der Waals surface area contributed by atoms with E-state index in [2.05, 4.69) is 51.3 Å². The van der Waals surface area contributed by atoms with Crippen LogP contribution in [0.3, 0.4) is 0 Å². The fourth-order valence-corrected chi connectivity index (χ4v) is 2.61. The fourth-order valence-electron chi connectivity index (χ4n) is 1.84. The summed E-state index contributed by atoms with van der Waals surface area (Å²) in [5.41, 5.74) is 0.999. The molecule has 0 aliphatic rings. The molecule has 0 saturated heterocycles. The maximum Gasteiger partial charge on any atom is 0.170 e. The number of fused-ring (bicyclic) bond motifs is 1. The summed E-state index contributed by atoms with van der Waals surface area (Å²) >= 11 is 1.74. The molecule has 2 heterocycles. The zero-order chi connectivity index (χ0) is 12.4. The van der Waals surface area contributed by atoms with Crippen molar-refractivity contribution in [3.05, 3.63) is 35.5 Å². The summed E-state index contributed by atoms with van der Waals surface area (Å²) < 4.78 is 3.06. The van der Waals surface area contributed by atoms with Gasteiger partial charge in [-0.2, -0.15) is 4.68 Å². The quantitative estimate of drug-likeness (QED) is 0.778. The molecule has 0 spiro atoms. The van der Waals surface area contributed by atoms with Gasteiger partial charge in [0.15, 0.2) is 5.82 Å². The average molecular weight is 259 g/mol. The Hall–Kier alpha value is -1.79. The van der Waals surface area contributed by atoms with Crippen molar-refractivity contribution in [2.75, 3.05) is 6.54 Å². The van der Waals surface area contributed by atoms with Gasteiger partial charge in [-0.15, -0.1) is 16.4 Å². The van der Waals surface area contributed by atoms with Crippen LogP contribution in [0.5, 0.6) is 0 Å². The summed E-state index contributed by atoms with van der Waals surface area (Å²) in [5, 5.41) is 18.4. The zero-order valence-corrected chi connectivity index (χ0v) is 10.8. The van der Waals surface area contributed by atoms with Gasteiger partial charge >= 0.3 is 0 Å². The Morgan fingerprint density at radius 2 is 2.28 bits per heavy atom. The maximum atomic E-state index is 4.05. The molecule has 0 unspecified atom stereocenters. The Morgan fingerprint density at radius 3 is 3.17 bits per heavy atom. The molecule has 0 amide bonds. The van der Waals surface area contributed by atoms with Gasteiger partial charge in [0.1, 0.15) is 0 Å². The molecule has 2 aromatic heterocycles. The lowest BCUT2D eigenvalue weighted by molar-refractivity contribution is 0.664. The lowest BCUT2D eigenvalue weighted by Gasteiger charge is -2.04. The van der Waals surface area contributed by atoms with Gasteiger partial charge in [0.2, 0.25) is 0 Å². The third-order valence-corrected chi connectivity index (χ3v) is 3.65. The van der Waals surface area contributed by atoms with Crippen molar-refractivity contribution >= 4 is 21.4 Å². The number of hydrogen-bond donors (Lipinski definition) is 1. The van der Waals surface area contributed by atoms with Crippen LogP contribution < -0.4 is 5.32 Å². The molecule has 0 atom stereocenters. The van der Waals surface area contributed by atoms with Crippen LogP contribution in [-0.2, 0) is 6.54 Å². The molecular weight excluding hydrogens is 246 g/mol. The van der Waals surface area contributed by atoms with E-state index in [0.29, 0.717) is 6.54 Å². The van der Waals surface area contributed by atoms with Gasteiger partial charge in [0, 0.05) is 4.70 Å². The summed E-state index contributed by atoms with van der Waals surface area (Å²) in [6.07, 6.45) is 0. The second-order valence-electron chi connectivity index (χ2n) is 3.93. The van der Waals surface area contributed by atoms with E-state index in [1.807, 2.05) is 6.07 Å². The Balaban J connectivity index is 2.00. The molecule has 5 nitrogen and oxygen atoms in total. The number of aromatic nitrogens is 4. The second kappa shape index (κ2) is 4.83. The second-order valence-corrected chi connectivity index (χ2v) is 4.88. The highest BCUT2D eigenvalue weighted by Gasteiger charge is 2.08. The molecule has 0 fully saturated rings. The van der Waals surface area contributed by atoms with Crippen LogP contribution >= 0.6 is 11.3 Å². The highest BCUT2D eigenvalue weighted by molar-refractivity contribution is 7.17. The van der Waals surface area contributed by atoms with Crippen LogP contribution in [0.25, 0.3) is 15.8 Å². The molecule has 0 aliphatic heterocycles. The molecule has 6 heteroatoms. The number of rotatable bonds is 4. The molecular formula is C12H13N5S. The largest absolute Gasteiger partial charge is 0.310 e. The molecule has 18 heavy (non-hydrogen) atoms. The first-order chi connectivity index (χ1) is 8.88. The molecule has 3 aromatic rings. The standard InChI is InChI=1S/C12H13N5S/c1-2-13-8-12-14-15-16-17(12)10-3-4-11-9(7-10)5-6-18-11/h3-7,13H,2,8H2,1H3. The van der Waals surface area contributed by atoms with E-state index in [9.17, 15) is 0 Å².